The molecule has 1 fully saturated rings. The number of aliphatic carboxylic acids is 1. The van der Waals surface area contributed by atoms with Gasteiger partial charge in [0.15, 0.2) is 5.79 Å². The number of hydrogen-bond acceptors (Lipinski definition) is 3. The van der Waals surface area contributed by atoms with E-state index in [-0.39, 0.29) is 6.10 Å². The summed E-state index contributed by atoms with van der Waals surface area (Å²) < 4.78 is 11.5. The fraction of sp³-hybridized carbons (Fsp3) is 0.562. The van der Waals surface area contributed by atoms with Gasteiger partial charge in [-0.3, -0.25) is 4.79 Å². The van der Waals surface area contributed by atoms with Gasteiger partial charge in [0.05, 0.1) is 12.0 Å². The van der Waals surface area contributed by atoms with Crippen molar-refractivity contribution in [2.45, 2.75) is 46.0 Å². The summed E-state index contributed by atoms with van der Waals surface area (Å²) in [7, 11) is 0. The molecule has 110 valence electrons. The summed E-state index contributed by atoms with van der Waals surface area (Å²) in [6.07, 6.45) is 0.338. The third-order valence-corrected chi connectivity index (χ3v) is 3.62. The molecule has 1 aliphatic rings. The molecule has 1 aliphatic heterocycles. The van der Waals surface area contributed by atoms with Crippen molar-refractivity contribution in [3.05, 3.63) is 35.4 Å². The van der Waals surface area contributed by atoms with E-state index in [1.165, 1.54) is 0 Å². The van der Waals surface area contributed by atoms with Crippen LogP contribution in [0.3, 0.4) is 0 Å². The Morgan fingerprint density at radius 3 is 2.60 bits per heavy atom. The summed E-state index contributed by atoms with van der Waals surface area (Å²) in [5.41, 5.74) is 1.23. The molecule has 0 radical (unpaired) electrons. The molecule has 1 aromatic rings. The Kier molecular flexibility index (Phi) is 3.89. The number of benzene rings is 1. The van der Waals surface area contributed by atoms with E-state index in [1.54, 1.807) is 13.8 Å². The average Bonchev–Trinajstić information content (AvgIpc) is 2.69. The number of carboxylic acids is 1. The summed E-state index contributed by atoms with van der Waals surface area (Å²) >= 11 is 0. The molecule has 0 spiro atoms. The zero-order valence-electron chi connectivity index (χ0n) is 12.5. The Balaban J connectivity index is 2.26. The fourth-order valence-electron chi connectivity index (χ4n) is 2.40. The highest BCUT2D eigenvalue weighted by Crippen LogP contribution is 2.36. The Morgan fingerprint density at radius 2 is 2.05 bits per heavy atom. The second-order valence-corrected chi connectivity index (χ2v) is 6.38. The first kappa shape index (κ1) is 15.0. The molecule has 1 unspecified atom stereocenters. The molecule has 2 rings (SSSR count). The first-order chi connectivity index (χ1) is 9.21. The smallest absolute Gasteiger partial charge is 0.309 e. The first-order valence-electron chi connectivity index (χ1n) is 6.84. The summed E-state index contributed by atoms with van der Waals surface area (Å²) in [4.78, 5) is 11.3. The van der Waals surface area contributed by atoms with E-state index in [0.29, 0.717) is 13.0 Å². The molecule has 1 aromatic carbocycles. The van der Waals surface area contributed by atoms with Crippen molar-refractivity contribution in [2.75, 3.05) is 6.61 Å². The van der Waals surface area contributed by atoms with Crippen LogP contribution >= 0.6 is 0 Å². The fourth-order valence-corrected chi connectivity index (χ4v) is 2.40. The van der Waals surface area contributed by atoms with Crippen molar-refractivity contribution in [1.82, 2.24) is 0 Å². The summed E-state index contributed by atoms with van der Waals surface area (Å²) in [6, 6.07) is 7.83. The van der Waals surface area contributed by atoms with Crippen LogP contribution in [-0.4, -0.2) is 23.5 Å². The van der Waals surface area contributed by atoms with E-state index in [2.05, 4.69) is 0 Å². The summed E-state index contributed by atoms with van der Waals surface area (Å²) in [6.45, 7) is 7.75. The van der Waals surface area contributed by atoms with Gasteiger partial charge in [-0.15, -0.1) is 0 Å². The van der Waals surface area contributed by atoms with Crippen molar-refractivity contribution < 1.29 is 19.4 Å². The molecule has 1 N–H and O–H groups in total. The standard InChI is InChI=1S/C16H22O4/c1-15(2,14(17)18)9-11-7-5-6-8-12(11)13-10-19-16(3,4)20-13/h5-8,13H,9-10H2,1-4H3,(H,17,18). The normalized spacial score (nSPS) is 21.9. The topological polar surface area (TPSA) is 55.8 Å². The Labute approximate surface area is 119 Å². The van der Waals surface area contributed by atoms with E-state index in [0.717, 1.165) is 11.1 Å². The van der Waals surface area contributed by atoms with Crippen molar-refractivity contribution in [3.8, 4) is 0 Å². The van der Waals surface area contributed by atoms with Crippen LogP contribution in [0.25, 0.3) is 0 Å². The Hall–Kier alpha value is -1.39. The average molecular weight is 278 g/mol. The van der Waals surface area contributed by atoms with Crippen LogP contribution in [0.1, 0.15) is 44.9 Å². The molecule has 4 heteroatoms. The highest BCUT2D eigenvalue weighted by molar-refractivity contribution is 5.74. The van der Waals surface area contributed by atoms with E-state index < -0.39 is 17.2 Å². The molecule has 0 aliphatic carbocycles. The lowest BCUT2D eigenvalue weighted by molar-refractivity contribution is -0.147. The number of ether oxygens (including phenoxy) is 2. The van der Waals surface area contributed by atoms with Gasteiger partial charge in [0.1, 0.15) is 6.10 Å². The van der Waals surface area contributed by atoms with Crippen LogP contribution in [0.5, 0.6) is 0 Å². The molecule has 20 heavy (non-hydrogen) atoms. The molecule has 1 atom stereocenters. The predicted octanol–water partition coefficient (Wildman–Crippen LogP) is 3.16. The first-order valence-corrected chi connectivity index (χ1v) is 6.84. The van der Waals surface area contributed by atoms with Gasteiger partial charge in [-0.05, 0) is 45.2 Å². The number of carbonyl (C=O) groups is 1. The minimum absolute atomic E-state index is 0.134. The molecule has 0 bridgehead atoms. The van der Waals surface area contributed by atoms with Gasteiger partial charge in [0, 0.05) is 0 Å². The van der Waals surface area contributed by atoms with Crippen molar-refractivity contribution in [1.29, 1.82) is 0 Å². The zero-order chi connectivity index (χ0) is 15.0. The minimum Gasteiger partial charge on any atom is -0.481 e. The monoisotopic (exact) mass is 278 g/mol. The van der Waals surface area contributed by atoms with Crippen molar-refractivity contribution in [3.63, 3.8) is 0 Å². The van der Waals surface area contributed by atoms with Crippen LogP contribution in [0.2, 0.25) is 0 Å². The number of hydrogen-bond donors (Lipinski definition) is 1. The van der Waals surface area contributed by atoms with Crippen LogP contribution < -0.4 is 0 Å². The Bertz CT molecular complexity index is 505. The third-order valence-electron chi connectivity index (χ3n) is 3.62. The van der Waals surface area contributed by atoms with Gasteiger partial charge in [-0.1, -0.05) is 24.3 Å². The molecule has 4 nitrogen and oxygen atoms in total. The molecule has 1 heterocycles. The molecule has 0 aromatic heterocycles. The van der Waals surface area contributed by atoms with Crippen LogP contribution in [-0.2, 0) is 20.7 Å². The van der Waals surface area contributed by atoms with E-state index in [9.17, 15) is 9.90 Å². The Morgan fingerprint density at radius 1 is 1.40 bits per heavy atom. The number of rotatable bonds is 4. The van der Waals surface area contributed by atoms with Gasteiger partial charge in [-0.25, -0.2) is 0 Å². The van der Waals surface area contributed by atoms with Gasteiger partial charge in [0.2, 0.25) is 0 Å². The maximum absolute atomic E-state index is 11.3. The largest absolute Gasteiger partial charge is 0.481 e. The lowest BCUT2D eigenvalue weighted by Gasteiger charge is -2.23. The van der Waals surface area contributed by atoms with Gasteiger partial charge >= 0.3 is 5.97 Å². The van der Waals surface area contributed by atoms with Crippen molar-refractivity contribution in [2.24, 2.45) is 5.41 Å². The second kappa shape index (κ2) is 5.19. The molecule has 1 saturated heterocycles. The predicted molar refractivity (Wildman–Crippen MR) is 75.4 cm³/mol. The highest BCUT2D eigenvalue weighted by atomic mass is 16.7. The van der Waals surface area contributed by atoms with Gasteiger partial charge < -0.3 is 14.6 Å². The molecule has 0 amide bonds. The van der Waals surface area contributed by atoms with Crippen LogP contribution in [0.15, 0.2) is 24.3 Å². The second-order valence-electron chi connectivity index (χ2n) is 6.38. The summed E-state index contributed by atoms with van der Waals surface area (Å²) in [5.74, 6) is -1.38. The highest BCUT2D eigenvalue weighted by Gasteiger charge is 2.36. The molecule has 0 saturated carbocycles. The summed E-state index contributed by atoms with van der Waals surface area (Å²) in [5, 5.41) is 9.29. The lowest BCUT2D eigenvalue weighted by Crippen LogP contribution is -2.27. The lowest BCUT2D eigenvalue weighted by atomic mass is 9.83. The van der Waals surface area contributed by atoms with Gasteiger partial charge in [0.25, 0.3) is 0 Å². The van der Waals surface area contributed by atoms with Gasteiger partial charge in [-0.2, -0.15) is 0 Å². The quantitative estimate of drug-likeness (QED) is 0.919. The van der Waals surface area contributed by atoms with Crippen molar-refractivity contribution >= 4 is 5.97 Å². The molecular formula is C16H22O4. The minimum atomic E-state index is -0.801. The third kappa shape index (κ3) is 3.19. The molecular weight excluding hydrogens is 256 g/mol. The SMILES string of the molecule is CC1(C)OCC(c2ccccc2CC(C)(C)C(=O)O)O1. The number of carboxylic acid groups (broad SMARTS) is 1. The van der Waals surface area contributed by atoms with Crippen LogP contribution in [0.4, 0.5) is 0 Å². The van der Waals surface area contributed by atoms with E-state index in [1.807, 2.05) is 38.1 Å². The maximum Gasteiger partial charge on any atom is 0.309 e. The van der Waals surface area contributed by atoms with E-state index >= 15 is 0 Å². The maximum atomic E-state index is 11.3. The van der Waals surface area contributed by atoms with Crippen LogP contribution in [0, 0.1) is 5.41 Å². The van der Waals surface area contributed by atoms with E-state index in [4.69, 9.17) is 9.47 Å². The zero-order valence-corrected chi connectivity index (χ0v) is 12.5.